The first-order valence-corrected chi connectivity index (χ1v) is 23.1. The van der Waals surface area contributed by atoms with Gasteiger partial charge in [0.2, 0.25) is 11.8 Å². The van der Waals surface area contributed by atoms with E-state index in [-0.39, 0.29) is 48.5 Å². The number of carbonyl (C=O) groups excluding carboxylic acids is 3. The molecular formula is C52H53F4N7O6. The lowest BCUT2D eigenvalue weighted by Crippen LogP contribution is -2.53. The third kappa shape index (κ3) is 8.90. The molecule has 2 aromatic heterocycles. The minimum Gasteiger partial charge on any atom is -0.456 e. The second-order valence-electron chi connectivity index (χ2n) is 19.1. The Morgan fingerprint density at radius 2 is 1.07 bits per heavy atom. The molecule has 69 heavy (non-hydrogen) atoms. The molecule has 9 rings (SSSR count). The van der Waals surface area contributed by atoms with Crippen molar-refractivity contribution in [3.05, 3.63) is 120 Å². The number of carbonyl (C=O) groups is 3. The first-order chi connectivity index (χ1) is 32.8. The molecule has 0 spiro atoms. The zero-order valence-electron chi connectivity index (χ0n) is 39.5. The summed E-state index contributed by atoms with van der Waals surface area (Å²) in [5, 5.41) is 9.92. The highest BCUT2D eigenvalue weighted by Gasteiger charge is 2.43. The number of likely N-dealkylation sites (tertiary alicyclic amines) is 1. The van der Waals surface area contributed by atoms with Gasteiger partial charge in [0.15, 0.2) is 28.9 Å². The molecule has 0 saturated carbocycles. The van der Waals surface area contributed by atoms with Crippen LogP contribution in [0.2, 0.25) is 0 Å². The lowest BCUT2D eigenvalue weighted by atomic mass is 9.92. The number of hydrogen-bond donors (Lipinski definition) is 0. The summed E-state index contributed by atoms with van der Waals surface area (Å²) in [5.74, 6) is -3.61. The molecule has 3 amide bonds. The maximum absolute atomic E-state index is 14.6. The van der Waals surface area contributed by atoms with E-state index in [2.05, 4.69) is 0 Å². The summed E-state index contributed by atoms with van der Waals surface area (Å²) >= 11 is 0. The topological polar surface area (TPSA) is 124 Å². The van der Waals surface area contributed by atoms with Crippen molar-refractivity contribution >= 4 is 29.3 Å². The van der Waals surface area contributed by atoms with Crippen LogP contribution in [0.5, 0.6) is 23.0 Å². The minimum absolute atomic E-state index is 0.0672. The molecule has 6 aromatic rings. The second kappa shape index (κ2) is 18.1. The van der Waals surface area contributed by atoms with Gasteiger partial charge in [0.1, 0.15) is 28.6 Å². The van der Waals surface area contributed by atoms with E-state index in [9.17, 15) is 31.9 Å². The number of fused-ring (bicyclic) bond motifs is 2. The van der Waals surface area contributed by atoms with Crippen molar-refractivity contribution < 1.29 is 46.2 Å². The molecule has 0 bridgehead atoms. The maximum Gasteiger partial charge on any atom is 0.410 e. The van der Waals surface area contributed by atoms with Crippen LogP contribution in [-0.4, -0.2) is 73.1 Å². The van der Waals surface area contributed by atoms with E-state index >= 15 is 0 Å². The van der Waals surface area contributed by atoms with Crippen LogP contribution in [0.1, 0.15) is 85.3 Å². The number of piperidine rings is 1. The minimum atomic E-state index is -1.07. The van der Waals surface area contributed by atoms with E-state index in [1.54, 1.807) is 36.5 Å². The predicted octanol–water partition coefficient (Wildman–Crippen LogP) is 11.2. The average Bonchev–Trinajstić information content (AvgIpc) is 4.00. The normalized spacial score (nSPS) is 17.8. The smallest absolute Gasteiger partial charge is 0.410 e. The molecular weight excluding hydrogens is 895 g/mol. The predicted molar refractivity (Wildman–Crippen MR) is 250 cm³/mol. The molecule has 2 atom stereocenters. The number of hydrogen-bond acceptors (Lipinski definition) is 8. The van der Waals surface area contributed by atoms with Gasteiger partial charge in [-0.2, -0.15) is 10.2 Å². The number of anilines is 2. The standard InChI is InChI=1S/C52H53F4N7O6/c1-30-8-12-40-46(62(30)32(3)64)18-14-38(48(40)67-36-10-16-42(53)44(55)24-36)34-26-57-60(28-34)52(20-22-59(23-21-52)50(66)69-51(5,6)7)61-29-35(27-58-61)39-15-19-47-41(13-9-31(2)63(47)33(4)65)49(39)68-37-11-17-43(54)45(56)25-37/h10-11,14-19,24-31H,8-9,12-13,20-23H2,1-7H3/t30-,31-/m0/s1. The largest absolute Gasteiger partial charge is 0.456 e. The number of aromatic nitrogens is 4. The van der Waals surface area contributed by atoms with E-state index in [1.807, 2.05) is 71.3 Å². The summed E-state index contributed by atoms with van der Waals surface area (Å²) in [6.45, 7) is 12.9. The van der Waals surface area contributed by atoms with Gasteiger partial charge in [-0.15, -0.1) is 0 Å². The molecule has 13 nitrogen and oxygen atoms in total. The Balaban J connectivity index is 1.16. The Morgan fingerprint density at radius 1 is 0.638 bits per heavy atom. The second-order valence-corrected chi connectivity index (χ2v) is 19.1. The molecule has 1 saturated heterocycles. The van der Waals surface area contributed by atoms with E-state index < -0.39 is 40.6 Å². The molecule has 3 aliphatic heterocycles. The number of ether oxygens (including phenoxy) is 3. The van der Waals surface area contributed by atoms with Gasteiger partial charge in [0.05, 0.1) is 23.8 Å². The maximum atomic E-state index is 14.6. The average molecular weight is 948 g/mol. The molecule has 0 aliphatic carbocycles. The first-order valence-electron chi connectivity index (χ1n) is 23.1. The molecule has 4 aromatic carbocycles. The number of nitrogens with zero attached hydrogens (tertiary/aromatic N) is 7. The zero-order chi connectivity index (χ0) is 49.1. The molecule has 1 fully saturated rings. The van der Waals surface area contributed by atoms with E-state index in [0.29, 0.717) is 83.7 Å². The van der Waals surface area contributed by atoms with Crippen LogP contribution >= 0.6 is 0 Å². The summed E-state index contributed by atoms with van der Waals surface area (Å²) in [5.41, 5.74) is 3.43. The van der Waals surface area contributed by atoms with Crippen LogP contribution in [0.15, 0.2) is 85.5 Å². The van der Waals surface area contributed by atoms with E-state index in [1.165, 1.54) is 26.0 Å². The molecule has 360 valence electrons. The van der Waals surface area contributed by atoms with Crippen molar-refractivity contribution in [3.63, 3.8) is 0 Å². The Kier molecular flexibility index (Phi) is 12.3. The van der Waals surface area contributed by atoms with Gasteiger partial charge in [0, 0.05) is 110 Å². The quantitative estimate of drug-likeness (QED) is 0.138. The highest BCUT2D eigenvalue weighted by atomic mass is 19.2. The van der Waals surface area contributed by atoms with Crippen LogP contribution in [0.25, 0.3) is 22.3 Å². The lowest BCUT2D eigenvalue weighted by Gasteiger charge is -2.42. The molecule has 3 aliphatic rings. The van der Waals surface area contributed by atoms with Crippen molar-refractivity contribution in [3.8, 4) is 45.3 Å². The molecule has 0 unspecified atom stereocenters. The van der Waals surface area contributed by atoms with Gasteiger partial charge >= 0.3 is 6.09 Å². The van der Waals surface area contributed by atoms with Crippen LogP contribution in [0.3, 0.4) is 0 Å². The third-order valence-corrected chi connectivity index (χ3v) is 13.3. The van der Waals surface area contributed by atoms with Gasteiger partial charge in [-0.3, -0.25) is 9.59 Å². The van der Waals surface area contributed by atoms with Gasteiger partial charge < -0.3 is 28.9 Å². The Hall–Kier alpha value is -7.17. The van der Waals surface area contributed by atoms with Gasteiger partial charge in [-0.1, -0.05) is 0 Å². The fraction of sp³-hybridized carbons (Fsp3) is 0.365. The molecule has 17 heteroatoms. The van der Waals surface area contributed by atoms with Crippen molar-refractivity contribution in [1.82, 2.24) is 24.5 Å². The van der Waals surface area contributed by atoms with Crippen LogP contribution in [0, 0.1) is 23.3 Å². The number of amides is 3. The first kappa shape index (κ1) is 46.9. The van der Waals surface area contributed by atoms with Gasteiger partial charge in [-0.25, -0.2) is 31.7 Å². The SMILES string of the molecule is CC(=O)N1c2ccc(-c3cnn(C4(n5cc(-c6ccc7c(c6Oc6ccc(F)c(F)c6)CC[C@H](C)N7C(C)=O)cn5)CCN(C(=O)OC(C)(C)C)CC4)c3)c(Oc3ccc(F)c(F)c3)c2CC[C@@H]1C. The Labute approximate surface area is 397 Å². The summed E-state index contributed by atoms with van der Waals surface area (Å²) in [4.78, 5) is 44.5. The van der Waals surface area contributed by atoms with Gasteiger partial charge in [-0.05, 0) is 109 Å². The Morgan fingerprint density at radius 3 is 1.46 bits per heavy atom. The molecule has 0 radical (unpaired) electrons. The lowest BCUT2D eigenvalue weighted by molar-refractivity contribution is -0.117. The van der Waals surface area contributed by atoms with Crippen molar-refractivity contribution in [1.29, 1.82) is 0 Å². The summed E-state index contributed by atoms with van der Waals surface area (Å²) in [6, 6.07) is 13.9. The highest BCUT2D eigenvalue weighted by Crippen LogP contribution is 2.48. The van der Waals surface area contributed by atoms with Crippen LogP contribution < -0.4 is 19.3 Å². The number of halogens is 4. The third-order valence-electron chi connectivity index (χ3n) is 13.3. The van der Waals surface area contributed by atoms with Crippen molar-refractivity contribution in [2.24, 2.45) is 0 Å². The van der Waals surface area contributed by atoms with Crippen LogP contribution in [-0.2, 0) is 32.8 Å². The zero-order valence-corrected chi connectivity index (χ0v) is 39.5. The van der Waals surface area contributed by atoms with Crippen LogP contribution in [0.4, 0.5) is 33.7 Å². The fourth-order valence-corrected chi connectivity index (χ4v) is 9.89. The Bertz CT molecular complexity index is 2810. The van der Waals surface area contributed by atoms with E-state index in [0.717, 1.165) is 35.4 Å². The summed E-state index contributed by atoms with van der Waals surface area (Å²) < 4.78 is 79.8. The summed E-state index contributed by atoms with van der Waals surface area (Å²) in [7, 11) is 0. The summed E-state index contributed by atoms with van der Waals surface area (Å²) in [6.07, 6.45) is 9.62. The monoisotopic (exact) mass is 947 g/mol. The fourth-order valence-electron chi connectivity index (χ4n) is 9.89. The van der Waals surface area contributed by atoms with Crippen molar-refractivity contribution in [2.45, 2.75) is 110 Å². The molecule has 0 N–H and O–H groups in total. The van der Waals surface area contributed by atoms with Crippen molar-refractivity contribution in [2.75, 3.05) is 22.9 Å². The number of rotatable bonds is 8. The van der Waals surface area contributed by atoms with E-state index in [4.69, 9.17) is 24.4 Å². The number of benzene rings is 4. The highest BCUT2D eigenvalue weighted by molar-refractivity contribution is 5.96. The molecule has 5 heterocycles. The van der Waals surface area contributed by atoms with Gasteiger partial charge in [0.25, 0.3) is 0 Å².